The van der Waals surface area contributed by atoms with Gasteiger partial charge in [0.1, 0.15) is 6.10 Å². The van der Waals surface area contributed by atoms with Gasteiger partial charge in [-0.15, -0.1) is 0 Å². The summed E-state index contributed by atoms with van der Waals surface area (Å²) in [4.78, 5) is 16.6. The molecule has 0 saturated heterocycles. The second kappa shape index (κ2) is 7.50. The summed E-state index contributed by atoms with van der Waals surface area (Å²) in [5, 5.41) is 7.73. The van der Waals surface area contributed by atoms with Crippen molar-refractivity contribution in [3.8, 4) is 0 Å². The third kappa shape index (κ3) is 3.30. The van der Waals surface area contributed by atoms with Crippen LogP contribution in [0.2, 0.25) is 0 Å². The summed E-state index contributed by atoms with van der Waals surface area (Å²) in [7, 11) is 1.62. The van der Waals surface area contributed by atoms with E-state index in [-0.39, 0.29) is 11.8 Å². The molecule has 3 N–H and O–H groups in total. The fourth-order valence-corrected chi connectivity index (χ4v) is 3.11. The van der Waals surface area contributed by atoms with E-state index >= 15 is 0 Å². The minimum Gasteiger partial charge on any atom is -0.370 e. The molecule has 0 bridgehead atoms. The van der Waals surface area contributed by atoms with Crippen molar-refractivity contribution < 1.29 is 9.53 Å². The molecule has 2 heterocycles. The Morgan fingerprint density at radius 3 is 2.36 bits per heavy atom. The molecule has 1 amide bonds. The average Bonchev–Trinajstić information content (AvgIpc) is 3.07. The number of methoxy groups -OCH3 is 1. The molecule has 0 radical (unpaired) electrons. The van der Waals surface area contributed by atoms with Crippen molar-refractivity contribution in [1.82, 2.24) is 14.6 Å². The standard InChI is InChI=1S/C21H19N5O2/c1-28-19(14-8-4-2-5-9-14)16-12-13-17-24-21(18(20(22)27)26(17)25-16)23-15-10-6-3-7-11-15/h2-13,19,23H,1H3,(H2,22,27). The van der Waals surface area contributed by atoms with Gasteiger partial charge in [-0.1, -0.05) is 48.5 Å². The maximum Gasteiger partial charge on any atom is 0.271 e. The summed E-state index contributed by atoms with van der Waals surface area (Å²) in [6.07, 6.45) is -0.376. The van der Waals surface area contributed by atoms with Gasteiger partial charge in [0.25, 0.3) is 5.91 Å². The molecule has 7 heteroatoms. The van der Waals surface area contributed by atoms with E-state index in [1.165, 1.54) is 4.52 Å². The summed E-state index contributed by atoms with van der Waals surface area (Å²) in [5.41, 5.74) is 8.74. The third-order valence-corrected chi connectivity index (χ3v) is 4.37. The van der Waals surface area contributed by atoms with E-state index in [4.69, 9.17) is 10.5 Å². The van der Waals surface area contributed by atoms with E-state index in [2.05, 4.69) is 15.4 Å². The number of nitrogens with two attached hydrogens (primary N) is 1. The first-order valence-corrected chi connectivity index (χ1v) is 8.76. The lowest BCUT2D eigenvalue weighted by Crippen LogP contribution is -2.18. The zero-order chi connectivity index (χ0) is 19.5. The van der Waals surface area contributed by atoms with Crippen LogP contribution in [0.4, 0.5) is 11.5 Å². The molecule has 1 atom stereocenters. The lowest BCUT2D eigenvalue weighted by Gasteiger charge is -2.15. The van der Waals surface area contributed by atoms with Gasteiger partial charge in [0.2, 0.25) is 0 Å². The molecule has 7 nitrogen and oxygen atoms in total. The molecule has 140 valence electrons. The number of nitrogens with zero attached hydrogens (tertiary/aromatic N) is 3. The van der Waals surface area contributed by atoms with Crippen LogP contribution in [0.25, 0.3) is 5.65 Å². The van der Waals surface area contributed by atoms with E-state index in [0.29, 0.717) is 17.2 Å². The van der Waals surface area contributed by atoms with Crippen LogP contribution in [-0.2, 0) is 4.74 Å². The molecule has 2 aromatic carbocycles. The molecule has 0 aliphatic heterocycles. The Morgan fingerprint density at radius 1 is 1.04 bits per heavy atom. The number of para-hydroxylation sites is 1. The van der Waals surface area contributed by atoms with E-state index in [0.717, 1.165) is 11.3 Å². The Bertz CT molecular complexity index is 1110. The number of carbonyl (C=O) groups is 1. The SMILES string of the molecule is COC(c1ccccc1)c1ccc2nc(Nc3ccccc3)c(C(N)=O)n2n1. The highest BCUT2D eigenvalue weighted by molar-refractivity contribution is 5.97. The monoisotopic (exact) mass is 373 g/mol. The van der Waals surface area contributed by atoms with E-state index < -0.39 is 5.91 Å². The predicted octanol–water partition coefficient (Wildman–Crippen LogP) is 3.31. The van der Waals surface area contributed by atoms with E-state index in [1.807, 2.05) is 66.7 Å². The molecule has 0 saturated carbocycles. The van der Waals surface area contributed by atoms with Gasteiger partial charge in [-0.05, 0) is 29.8 Å². The maximum atomic E-state index is 12.2. The van der Waals surface area contributed by atoms with Gasteiger partial charge in [-0.25, -0.2) is 9.50 Å². The van der Waals surface area contributed by atoms with Gasteiger partial charge in [-0.2, -0.15) is 5.10 Å². The quantitative estimate of drug-likeness (QED) is 0.541. The molecule has 1 unspecified atom stereocenters. The number of fused-ring (bicyclic) bond motifs is 1. The second-order valence-corrected chi connectivity index (χ2v) is 6.22. The highest BCUT2D eigenvalue weighted by atomic mass is 16.5. The minimum absolute atomic E-state index is 0.184. The third-order valence-electron chi connectivity index (χ3n) is 4.37. The van der Waals surface area contributed by atoms with Crippen molar-refractivity contribution in [2.45, 2.75) is 6.10 Å². The molecular formula is C21H19N5O2. The van der Waals surface area contributed by atoms with Crippen LogP contribution < -0.4 is 11.1 Å². The van der Waals surface area contributed by atoms with Crippen molar-refractivity contribution in [3.63, 3.8) is 0 Å². The first-order chi connectivity index (χ1) is 13.7. The van der Waals surface area contributed by atoms with Gasteiger partial charge in [0, 0.05) is 12.8 Å². The highest BCUT2D eigenvalue weighted by Crippen LogP contribution is 2.26. The van der Waals surface area contributed by atoms with Crippen molar-refractivity contribution in [2.24, 2.45) is 5.73 Å². The summed E-state index contributed by atoms with van der Waals surface area (Å²) in [5.74, 6) is -0.263. The van der Waals surface area contributed by atoms with E-state index in [9.17, 15) is 4.79 Å². The van der Waals surface area contributed by atoms with Crippen LogP contribution in [0.5, 0.6) is 0 Å². The second-order valence-electron chi connectivity index (χ2n) is 6.22. The fraction of sp³-hybridized carbons (Fsp3) is 0.0952. The van der Waals surface area contributed by atoms with Crippen LogP contribution in [0, 0.1) is 0 Å². The molecular weight excluding hydrogens is 354 g/mol. The molecule has 4 aromatic rings. The van der Waals surface area contributed by atoms with Crippen molar-refractivity contribution in [3.05, 3.63) is 89.7 Å². The number of aromatic nitrogens is 3. The molecule has 2 aromatic heterocycles. The molecule has 0 fully saturated rings. The molecule has 0 aliphatic rings. The van der Waals surface area contributed by atoms with Crippen LogP contribution in [0.3, 0.4) is 0 Å². The lowest BCUT2D eigenvalue weighted by molar-refractivity contribution is 0.0993. The van der Waals surface area contributed by atoms with Crippen LogP contribution in [0.15, 0.2) is 72.8 Å². The molecule has 0 spiro atoms. The largest absolute Gasteiger partial charge is 0.370 e. The predicted molar refractivity (Wildman–Crippen MR) is 107 cm³/mol. The Balaban J connectivity index is 1.80. The Hall–Kier alpha value is -3.71. The number of hydrogen-bond donors (Lipinski definition) is 2. The Morgan fingerprint density at radius 2 is 1.71 bits per heavy atom. The average molecular weight is 373 g/mol. The number of hydrogen-bond acceptors (Lipinski definition) is 5. The van der Waals surface area contributed by atoms with Gasteiger partial charge >= 0.3 is 0 Å². The first-order valence-electron chi connectivity index (χ1n) is 8.76. The summed E-state index contributed by atoms with van der Waals surface area (Å²) < 4.78 is 7.10. The zero-order valence-corrected chi connectivity index (χ0v) is 15.2. The summed E-state index contributed by atoms with van der Waals surface area (Å²) in [6.45, 7) is 0. The van der Waals surface area contributed by atoms with Crippen molar-refractivity contribution in [2.75, 3.05) is 12.4 Å². The van der Waals surface area contributed by atoms with E-state index in [1.54, 1.807) is 13.2 Å². The van der Waals surface area contributed by atoms with Gasteiger partial charge in [-0.3, -0.25) is 4.79 Å². The van der Waals surface area contributed by atoms with Gasteiger partial charge in [0.15, 0.2) is 17.2 Å². The number of amides is 1. The molecule has 4 rings (SSSR count). The number of rotatable bonds is 6. The normalized spacial score (nSPS) is 12.0. The summed E-state index contributed by atoms with van der Waals surface area (Å²) >= 11 is 0. The number of imidazole rings is 1. The number of ether oxygens (including phenoxy) is 1. The summed E-state index contributed by atoms with van der Waals surface area (Å²) in [6, 6.07) is 22.8. The molecule has 0 aliphatic carbocycles. The minimum atomic E-state index is -0.621. The van der Waals surface area contributed by atoms with Crippen LogP contribution >= 0.6 is 0 Å². The van der Waals surface area contributed by atoms with Crippen molar-refractivity contribution in [1.29, 1.82) is 0 Å². The zero-order valence-electron chi connectivity index (χ0n) is 15.2. The Labute approximate surface area is 161 Å². The lowest BCUT2D eigenvalue weighted by atomic mass is 10.1. The fourth-order valence-electron chi connectivity index (χ4n) is 3.11. The number of nitrogens with one attached hydrogen (secondary N) is 1. The maximum absolute atomic E-state index is 12.2. The number of primary amides is 1. The first kappa shape index (κ1) is 17.7. The van der Waals surface area contributed by atoms with Gasteiger partial charge in [0.05, 0.1) is 5.69 Å². The highest BCUT2D eigenvalue weighted by Gasteiger charge is 2.21. The molecule has 28 heavy (non-hydrogen) atoms. The van der Waals surface area contributed by atoms with Crippen LogP contribution in [0.1, 0.15) is 27.8 Å². The Kier molecular flexibility index (Phi) is 4.74. The number of benzene rings is 2. The van der Waals surface area contributed by atoms with Crippen molar-refractivity contribution >= 4 is 23.1 Å². The number of anilines is 2. The smallest absolute Gasteiger partial charge is 0.271 e. The van der Waals surface area contributed by atoms with Crippen LogP contribution in [-0.4, -0.2) is 27.6 Å². The van der Waals surface area contributed by atoms with Gasteiger partial charge < -0.3 is 15.8 Å². The topological polar surface area (TPSA) is 94.5 Å². The number of carbonyl (C=O) groups excluding carboxylic acids is 1.